The summed E-state index contributed by atoms with van der Waals surface area (Å²) < 4.78 is 0. The lowest BCUT2D eigenvalue weighted by molar-refractivity contribution is 0.0514. The molecular formula is C13H25N5O. The van der Waals surface area contributed by atoms with Crippen molar-refractivity contribution in [2.45, 2.75) is 46.1 Å². The Labute approximate surface area is 114 Å². The van der Waals surface area contributed by atoms with Crippen molar-refractivity contribution in [2.75, 3.05) is 17.3 Å². The third-order valence-corrected chi connectivity index (χ3v) is 2.92. The van der Waals surface area contributed by atoms with Crippen LogP contribution in [0.3, 0.4) is 0 Å². The number of hydrogen-bond donors (Lipinski definition) is 4. The normalized spacial score (nSPS) is 14.3. The maximum absolute atomic E-state index is 10.3. The average molecular weight is 267 g/mol. The number of nitrogen functional groups attached to an aromatic ring is 1. The lowest BCUT2D eigenvalue weighted by Crippen LogP contribution is -2.35. The Morgan fingerprint density at radius 3 is 2.53 bits per heavy atom. The molecule has 1 atom stereocenters. The van der Waals surface area contributed by atoms with Crippen LogP contribution < -0.4 is 16.6 Å². The SMILES string of the molecule is CCc1c(NN)ncnc1NCC(C)(O)CC(C)C. The van der Waals surface area contributed by atoms with Crippen molar-refractivity contribution in [2.24, 2.45) is 11.8 Å². The molecule has 0 spiro atoms. The first-order chi connectivity index (χ1) is 8.89. The van der Waals surface area contributed by atoms with Gasteiger partial charge < -0.3 is 15.8 Å². The maximum Gasteiger partial charge on any atom is 0.148 e. The Kier molecular flexibility index (Phi) is 5.50. The number of aromatic nitrogens is 2. The van der Waals surface area contributed by atoms with E-state index in [1.807, 2.05) is 13.8 Å². The van der Waals surface area contributed by atoms with Crippen molar-refractivity contribution in [1.82, 2.24) is 9.97 Å². The van der Waals surface area contributed by atoms with Crippen LogP contribution in [0.25, 0.3) is 0 Å². The molecule has 1 aromatic heterocycles. The highest BCUT2D eigenvalue weighted by Gasteiger charge is 2.22. The molecule has 19 heavy (non-hydrogen) atoms. The number of nitrogens with one attached hydrogen (secondary N) is 2. The lowest BCUT2D eigenvalue weighted by atomic mass is 9.94. The van der Waals surface area contributed by atoms with Crippen LogP contribution >= 0.6 is 0 Å². The summed E-state index contributed by atoms with van der Waals surface area (Å²) in [4.78, 5) is 8.28. The summed E-state index contributed by atoms with van der Waals surface area (Å²) in [6, 6.07) is 0. The summed E-state index contributed by atoms with van der Waals surface area (Å²) in [7, 11) is 0. The molecule has 6 heteroatoms. The van der Waals surface area contributed by atoms with Crippen LogP contribution in [-0.4, -0.2) is 27.2 Å². The zero-order valence-electron chi connectivity index (χ0n) is 12.2. The number of nitrogens with two attached hydrogens (primary N) is 1. The van der Waals surface area contributed by atoms with Crippen LogP contribution in [0.1, 0.15) is 39.7 Å². The van der Waals surface area contributed by atoms with Gasteiger partial charge in [0.2, 0.25) is 0 Å². The maximum atomic E-state index is 10.3. The topological polar surface area (TPSA) is 96.1 Å². The number of anilines is 2. The zero-order chi connectivity index (χ0) is 14.5. The second kappa shape index (κ2) is 6.68. The van der Waals surface area contributed by atoms with Crippen LogP contribution in [0.5, 0.6) is 0 Å². The Balaban J connectivity index is 2.77. The quantitative estimate of drug-likeness (QED) is 0.442. The molecule has 0 saturated carbocycles. The summed E-state index contributed by atoms with van der Waals surface area (Å²) in [5.41, 5.74) is 2.72. The predicted octanol–water partition coefficient (Wildman–Crippen LogP) is 1.53. The van der Waals surface area contributed by atoms with Crippen molar-refractivity contribution in [3.63, 3.8) is 0 Å². The molecule has 0 aliphatic rings. The molecule has 5 N–H and O–H groups in total. The Bertz CT molecular complexity index is 406. The second-order valence-corrected chi connectivity index (χ2v) is 5.50. The summed E-state index contributed by atoms with van der Waals surface area (Å²) in [5, 5.41) is 13.5. The zero-order valence-corrected chi connectivity index (χ0v) is 12.2. The molecular weight excluding hydrogens is 242 g/mol. The van der Waals surface area contributed by atoms with Gasteiger partial charge in [-0.15, -0.1) is 0 Å². The molecule has 0 aliphatic heterocycles. The first-order valence-electron chi connectivity index (χ1n) is 6.66. The number of aliphatic hydroxyl groups is 1. The molecule has 1 aromatic rings. The standard InChI is InChI=1S/C13H25N5O/c1-5-10-11(16-8-17-12(10)18-14)15-7-13(4,19)6-9(2)3/h8-9,19H,5-7,14H2,1-4H3,(H2,15,16,17,18). The van der Waals surface area contributed by atoms with Crippen LogP contribution in [0, 0.1) is 5.92 Å². The molecule has 1 heterocycles. The molecule has 1 rings (SSSR count). The second-order valence-electron chi connectivity index (χ2n) is 5.50. The molecule has 0 saturated heterocycles. The summed E-state index contributed by atoms with van der Waals surface area (Å²) in [5.74, 6) is 7.20. The van der Waals surface area contributed by atoms with Gasteiger partial charge in [0.1, 0.15) is 18.0 Å². The highest BCUT2D eigenvalue weighted by molar-refractivity contribution is 5.56. The van der Waals surface area contributed by atoms with E-state index in [1.165, 1.54) is 6.33 Å². The molecule has 0 aromatic carbocycles. The largest absolute Gasteiger partial charge is 0.388 e. The van der Waals surface area contributed by atoms with Crippen molar-refractivity contribution >= 4 is 11.6 Å². The van der Waals surface area contributed by atoms with E-state index in [-0.39, 0.29) is 0 Å². The van der Waals surface area contributed by atoms with Gasteiger partial charge in [-0.05, 0) is 25.7 Å². The third kappa shape index (κ3) is 4.65. The van der Waals surface area contributed by atoms with Gasteiger partial charge in [-0.25, -0.2) is 15.8 Å². The first-order valence-corrected chi connectivity index (χ1v) is 6.66. The van der Waals surface area contributed by atoms with Crippen molar-refractivity contribution in [3.05, 3.63) is 11.9 Å². The van der Waals surface area contributed by atoms with E-state index < -0.39 is 5.60 Å². The summed E-state index contributed by atoms with van der Waals surface area (Å²) >= 11 is 0. The van der Waals surface area contributed by atoms with E-state index in [4.69, 9.17) is 5.84 Å². The van der Waals surface area contributed by atoms with Crippen LogP contribution in [0.15, 0.2) is 6.33 Å². The third-order valence-electron chi connectivity index (χ3n) is 2.92. The molecule has 0 bridgehead atoms. The van der Waals surface area contributed by atoms with E-state index in [1.54, 1.807) is 0 Å². The monoisotopic (exact) mass is 267 g/mol. The molecule has 0 fully saturated rings. The molecule has 0 radical (unpaired) electrons. The number of hydrazine groups is 1. The van der Waals surface area contributed by atoms with Crippen molar-refractivity contribution < 1.29 is 5.11 Å². The fourth-order valence-electron chi connectivity index (χ4n) is 2.25. The van der Waals surface area contributed by atoms with Crippen molar-refractivity contribution in [3.8, 4) is 0 Å². The van der Waals surface area contributed by atoms with E-state index in [2.05, 4.69) is 34.6 Å². The van der Waals surface area contributed by atoms with E-state index >= 15 is 0 Å². The summed E-state index contributed by atoms with van der Waals surface area (Å²) in [6.07, 6.45) is 2.94. The van der Waals surface area contributed by atoms with Crippen LogP contribution in [0.2, 0.25) is 0 Å². The van der Waals surface area contributed by atoms with Crippen molar-refractivity contribution in [1.29, 1.82) is 0 Å². The Hall–Kier alpha value is -1.40. The van der Waals surface area contributed by atoms with Crippen LogP contribution in [-0.2, 0) is 6.42 Å². The number of hydrogen-bond acceptors (Lipinski definition) is 6. The van der Waals surface area contributed by atoms with E-state index in [0.29, 0.717) is 18.3 Å². The van der Waals surface area contributed by atoms with Gasteiger partial charge >= 0.3 is 0 Å². The van der Waals surface area contributed by atoms with Gasteiger partial charge in [-0.3, -0.25) is 0 Å². The highest BCUT2D eigenvalue weighted by Crippen LogP contribution is 2.22. The minimum absolute atomic E-state index is 0.439. The molecule has 0 aliphatic carbocycles. The Morgan fingerprint density at radius 1 is 1.37 bits per heavy atom. The van der Waals surface area contributed by atoms with Gasteiger partial charge in [0.05, 0.1) is 5.60 Å². The van der Waals surface area contributed by atoms with Gasteiger partial charge in [0.15, 0.2) is 0 Å². The first kappa shape index (κ1) is 15.7. The van der Waals surface area contributed by atoms with Gasteiger partial charge in [0, 0.05) is 12.1 Å². The molecule has 6 nitrogen and oxygen atoms in total. The lowest BCUT2D eigenvalue weighted by Gasteiger charge is -2.26. The average Bonchev–Trinajstić information content (AvgIpc) is 2.34. The van der Waals surface area contributed by atoms with Gasteiger partial charge in [0.25, 0.3) is 0 Å². The number of nitrogens with zero attached hydrogens (tertiary/aromatic N) is 2. The smallest absolute Gasteiger partial charge is 0.148 e. The van der Waals surface area contributed by atoms with E-state index in [0.717, 1.165) is 24.2 Å². The number of rotatable bonds is 7. The molecule has 0 amide bonds. The molecule has 108 valence electrons. The highest BCUT2D eigenvalue weighted by atomic mass is 16.3. The molecule has 1 unspecified atom stereocenters. The van der Waals surface area contributed by atoms with Gasteiger partial charge in [-0.1, -0.05) is 20.8 Å². The van der Waals surface area contributed by atoms with E-state index in [9.17, 15) is 5.11 Å². The fraction of sp³-hybridized carbons (Fsp3) is 0.692. The minimum atomic E-state index is -0.763. The van der Waals surface area contributed by atoms with Gasteiger partial charge in [-0.2, -0.15) is 0 Å². The van der Waals surface area contributed by atoms with Crippen LogP contribution in [0.4, 0.5) is 11.6 Å². The fourth-order valence-corrected chi connectivity index (χ4v) is 2.25. The predicted molar refractivity (Wildman–Crippen MR) is 77.8 cm³/mol. The summed E-state index contributed by atoms with van der Waals surface area (Å²) in [6.45, 7) is 8.46. The minimum Gasteiger partial charge on any atom is -0.388 e. The Morgan fingerprint density at radius 2 is 2.00 bits per heavy atom.